The average Bonchev–Trinajstić information content (AvgIpc) is 2.71. The highest BCUT2D eigenvalue weighted by Crippen LogP contribution is 2.13. The summed E-state index contributed by atoms with van der Waals surface area (Å²) in [5, 5.41) is 6.43. The molecule has 29 heavy (non-hydrogen) atoms. The van der Waals surface area contributed by atoms with Crippen LogP contribution in [-0.2, 0) is 24.4 Å². The highest BCUT2D eigenvalue weighted by Gasteiger charge is 2.16. The molecule has 1 aliphatic heterocycles. The van der Waals surface area contributed by atoms with Gasteiger partial charge in [0.25, 0.3) is 0 Å². The van der Waals surface area contributed by atoms with E-state index in [2.05, 4.69) is 51.7 Å². The molecule has 3 rings (SSSR count). The Morgan fingerprint density at radius 2 is 2.00 bits per heavy atom. The fourth-order valence-corrected chi connectivity index (χ4v) is 3.45. The van der Waals surface area contributed by atoms with E-state index < -0.39 is 0 Å². The molecule has 1 saturated heterocycles. The number of morpholine rings is 1. The van der Waals surface area contributed by atoms with Crippen molar-refractivity contribution in [1.29, 1.82) is 0 Å². The SMILES string of the molecule is CCNC(=NCc1cccc(CN2CCOC(C)C2)c1)NCc1ccccc1F. The Hall–Kier alpha value is -2.44. The summed E-state index contributed by atoms with van der Waals surface area (Å²) in [5.74, 6) is 0.476. The molecule has 2 aromatic carbocycles. The summed E-state index contributed by atoms with van der Waals surface area (Å²) in [5.41, 5.74) is 3.07. The molecule has 2 N–H and O–H groups in total. The largest absolute Gasteiger partial charge is 0.376 e. The number of hydrogen-bond donors (Lipinski definition) is 2. The van der Waals surface area contributed by atoms with Crippen LogP contribution in [0.2, 0.25) is 0 Å². The first-order valence-corrected chi connectivity index (χ1v) is 10.3. The van der Waals surface area contributed by atoms with Gasteiger partial charge in [-0.2, -0.15) is 0 Å². The molecular formula is C23H31FN4O. The predicted molar refractivity (Wildman–Crippen MR) is 115 cm³/mol. The zero-order valence-electron chi connectivity index (χ0n) is 17.3. The lowest BCUT2D eigenvalue weighted by molar-refractivity contribution is -0.0212. The van der Waals surface area contributed by atoms with Crippen LogP contribution in [0.15, 0.2) is 53.5 Å². The lowest BCUT2D eigenvalue weighted by Crippen LogP contribution is -2.40. The molecule has 1 unspecified atom stereocenters. The van der Waals surface area contributed by atoms with Crippen molar-refractivity contribution >= 4 is 5.96 Å². The maximum absolute atomic E-state index is 13.8. The number of benzene rings is 2. The van der Waals surface area contributed by atoms with E-state index in [0.29, 0.717) is 30.7 Å². The molecule has 2 aromatic rings. The van der Waals surface area contributed by atoms with E-state index in [1.54, 1.807) is 12.1 Å². The summed E-state index contributed by atoms with van der Waals surface area (Å²) < 4.78 is 19.4. The van der Waals surface area contributed by atoms with E-state index in [1.807, 2.05) is 13.0 Å². The average molecular weight is 399 g/mol. The van der Waals surface area contributed by atoms with Crippen molar-refractivity contribution in [2.24, 2.45) is 4.99 Å². The van der Waals surface area contributed by atoms with Gasteiger partial charge in [0, 0.05) is 38.3 Å². The lowest BCUT2D eigenvalue weighted by atomic mass is 10.1. The van der Waals surface area contributed by atoms with Crippen LogP contribution in [0.25, 0.3) is 0 Å². The van der Waals surface area contributed by atoms with Gasteiger partial charge in [0.2, 0.25) is 0 Å². The van der Waals surface area contributed by atoms with Gasteiger partial charge in [0.05, 0.1) is 19.3 Å². The summed E-state index contributed by atoms with van der Waals surface area (Å²) in [7, 11) is 0. The molecule has 1 atom stereocenters. The van der Waals surface area contributed by atoms with Crippen molar-refractivity contribution in [3.8, 4) is 0 Å². The molecule has 1 aliphatic rings. The number of guanidine groups is 1. The standard InChI is InChI=1S/C23H31FN4O/c1-3-25-23(27-15-21-9-4-5-10-22(21)24)26-14-19-7-6-8-20(13-19)17-28-11-12-29-18(2)16-28/h4-10,13,18H,3,11-12,14-17H2,1-2H3,(H2,25,26,27). The molecule has 0 aromatic heterocycles. The number of nitrogens with one attached hydrogen (secondary N) is 2. The molecular weight excluding hydrogens is 367 g/mol. The van der Waals surface area contributed by atoms with Crippen LogP contribution in [0.4, 0.5) is 4.39 Å². The molecule has 0 bridgehead atoms. The minimum atomic E-state index is -0.207. The van der Waals surface area contributed by atoms with E-state index in [-0.39, 0.29) is 5.82 Å². The van der Waals surface area contributed by atoms with Gasteiger partial charge in [-0.15, -0.1) is 0 Å². The Morgan fingerprint density at radius 1 is 1.17 bits per heavy atom. The van der Waals surface area contributed by atoms with Crippen molar-refractivity contribution < 1.29 is 9.13 Å². The summed E-state index contributed by atoms with van der Waals surface area (Å²) in [6.45, 7) is 9.51. The number of nitrogens with zero attached hydrogens (tertiary/aromatic N) is 2. The monoisotopic (exact) mass is 398 g/mol. The Bertz CT molecular complexity index is 811. The minimum Gasteiger partial charge on any atom is -0.376 e. The first-order chi connectivity index (χ1) is 14.1. The molecule has 156 valence electrons. The number of halogens is 1. The normalized spacial score (nSPS) is 17.9. The van der Waals surface area contributed by atoms with E-state index >= 15 is 0 Å². The second-order valence-electron chi connectivity index (χ2n) is 7.38. The predicted octanol–water partition coefficient (Wildman–Crippen LogP) is 3.30. The third-order valence-electron chi connectivity index (χ3n) is 4.89. The van der Waals surface area contributed by atoms with Crippen molar-refractivity contribution in [3.63, 3.8) is 0 Å². The number of aliphatic imine (C=N–C) groups is 1. The van der Waals surface area contributed by atoms with Crippen LogP contribution < -0.4 is 10.6 Å². The Labute approximate surface area is 173 Å². The van der Waals surface area contributed by atoms with Crippen LogP contribution in [0.3, 0.4) is 0 Å². The van der Waals surface area contributed by atoms with Gasteiger partial charge in [0.1, 0.15) is 5.82 Å². The van der Waals surface area contributed by atoms with Gasteiger partial charge in [-0.3, -0.25) is 4.90 Å². The highest BCUT2D eigenvalue weighted by molar-refractivity contribution is 5.79. The second-order valence-corrected chi connectivity index (χ2v) is 7.38. The Balaban J connectivity index is 1.59. The third-order valence-corrected chi connectivity index (χ3v) is 4.89. The minimum absolute atomic E-state index is 0.207. The van der Waals surface area contributed by atoms with Crippen molar-refractivity contribution in [1.82, 2.24) is 15.5 Å². The maximum Gasteiger partial charge on any atom is 0.191 e. The molecule has 0 aliphatic carbocycles. The Morgan fingerprint density at radius 3 is 2.79 bits per heavy atom. The summed E-state index contributed by atoms with van der Waals surface area (Å²) >= 11 is 0. The van der Waals surface area contributed by atoms with Crippen LogP contribution in [0, 0.1) is 5.82 Å². The van der Waals surface area contributed by atoms with Crippen molar-refractivity contribution in [2.75, 3.05) is 26.2 Å². The van der Waals surface area contributed by atoms with Gasteiger partial charge in [-0.25, -0.2) is 9.38 Å². The number of rotatable bonds is 7. The molecule has 1 fully saturated rings. The molecule has 5 nitrogen and oxygen atoms in total. The van der Waals surface area contributed by atoms with Gasteiger partial charge < -0.3 is 15.4 Å². The van der Waals surface area contributed by atoms with E-state index in [9.17, 15) is 4.39 Å². The fourth-order valence-electron chi connectivity index (χ4n) is 3.45. The highest BCUT2D eigenvalue weighted by atomic mass is 19.1. The molecule has 0 radical (unpaired) electrons. The number of hydrogen-bond acceptors (Lipinski definition) is 3. The van der Waals surface area contributed by atoms with Crippen LogP contribution in [0.1, 0.15) is 30.5 Å². The van der Waals surface area contributed by atoms with E-state index in [0.717, 1.165) is 38.3 Å². The lowest BCUT2D eigenvalue weighted by Gasteiger charge is -2.31. The van der Waals surface area contributed by atoms with Gasteiger partial charge >= 0.3 is 0 Å². The molecule has 0 amide bonds. The van der Waals surface area contributed by atoms with Crippen LogP contribution >= 0.6 is 0 Å². The molecule has 1 heterocycles. The van der Waals surface area contributed by atoms with E-state index in [4.69, 9.17) is 4.74 Å². The van der Waals surface area contributed by atoms with E-state index in [1.165, 1.54) is 11.6 Å². The van der Waals surface area contributed by atoms with Gasteiger partial charge in [-0.05, 0) is 31.0 Å². The third kappa shape index (κ3) is 6.84. The summed E-state index contributed by atoms with van der Waals surface area (Å²) in [6, 6.07) is 15.3. The smallest absolute Gasteiger partial charge is 0.191 e. The summed E-state index contributed by atoms with van der Waals surface area (Å²) in [6.07, 6.45) is 0.291. The first-order valence-electron chi connectivity index (χ1n) is 10.3. The van der Waals surface area contributed by atoms with Gasteiger partial charge in [0.15, 0.2) is 5.96 Å². The zero-order valence-corrected chi connectivity index (χ0v) is 17.3. The first kappa shape index (κ1) is 21.3. The summed E-state index contributed by atoms with van der Waals surface area (Å²) in [4.78, 5) is 7.09. The van der Waals surface area contributed by atoms with Crippen LogP contribution in [-0.4, -0.2) is 43.2 Å². The Kier molecular flexibility index (Phi) is 8.02. The topological polar surface area (TPSA) is 48.9 Å². The van der Waals surface area contributed by atoms with Crippen molar-refractivity contribution in [3.05, 3.63) is 71.0 Å². The maximum atomic E-state index is 13.8. The fraction of sp³-hybridized carbons (Fsp3) is 0.435. The van der Waals surface area contributed by atoms with Crippen LogP contribution in [0.5, 0.6) is 0 Å². The second kappa shape index (κ2) is 10.9. The van der Waals surface area contributed by atoms with Gasteiger partial charge in [-0.1, -0.05) is 42.5 Å². The number of ether oxygens (including phenoxy) is 1. The zero-order chi connectivity index (χ0) is 20.5. The molecule has 6 heteroatoms. The van der Waals surface area contributed by atoms with Crippen molar-refractivity contribution in [2.45, 2.75) is 39.6 Å². The molecule has 0 spiro atoms. The quantitative estimate of drug-likeness (QED) is 0.555. The molecule has 0 saturated carbocycles.